The summed E-state index contributed by atoms with van der Waals surface area (Å²) < 4.78 is 14.9. The molecule has 0 radical (unpaired) electrons. The Morgan fingerprint density at radius 1 is 1.44 bits per heavy atom. The first-order valence-corrected chi connectivity index (χ1v) is 8.12. The third kappa shape index (κ3) is 3.08. The number of anilines is 1. The minimum Gasteiger partial charge on any atom is -0.618 e. The van der Waals surface area contributed by atoms with E-state index in [0.29, 0.717) is 23.1 Å². The van der Waals surface area contributed by atoms with Gasteiger partial charge in [-0.2, -0.15) is 9.99 Å². The summed E-state index contributed by atoms with van der Waals surface area (Å²) in [5, 5.41) is 24.8. The second-order valence-electron chi connectivity index (χ2n) is 5.75. The highest BCUT2D eigenvalue weighted by Crippen LogP contribution is 2.34. The van der Waals surface area contributed by atoms with E-state index in [1.54, 1.807) is 0 Å². The summed E-state index contributed by atoms with van der Waals surface area (Å²) in [4.78, 5) is 19.9. The number of nitrogens with zero attached hydrogens (tertiary/aromatic N) is 4. The molecule has 0 aliphatic carbocycles. The fraction of sp³-hybridized carbons (Fsp3) is 0.167. The van der Waals surface area contributed by atoms with Crippen LogP contribution in [0.1, 0.15) is 29.5 Å². The lowest BCUT2D eigenvalue weighted by atomic mass is 9.97. The predicted octanol–water partition coefficient (Wildman–Crippen LogP) is 1.66. The third-order valence-electron chi connectivity index (χ3n) is 4.04. The van der Waals surface area contributed by atoms with Crippen molar-refractivity contribution >= 4 is 22.4 Å². The summed E-state index contributed by atoms with van der Waals surface area (Å²) in [7, 11) is 0. The molecule has 0 saturated heterocycles. The third-order valence-corrected chi connectivity index (χ3v) is 4.04. The van der Waals surface area contributed by atoms with Gasteiger partial charge >= 0.3 is 11.6 Å². The van der Waals surface area contributed by atoms with Crippen LogP contribution >= 0.6 is 0 Å². The Balaban J connectivity index is 2.31. The van der Waals surface area contributed by atoms with Crippen molar-refractivity contribution in [1.29, 1.82) is 5.26 Å². The van der Waals surface area contributed by atoms with Crippen LogP contribution in [-0.2, 0) is 0 Å². The number of rotatable bonds is 4. The maximum Gasteiger partial charge on any atom is 0.319 e. The van der Waals surface area contributed by atoms with Crippen molar-refractivity contribution in [3.63, 3.8) is 0 Å². The Morgan fingerprint density at radius 2 is 2.22 bits per heavy atom. The van der Waals surface area contributed by atoms with Crippen LogP contribution in [-0.4, -0.2) is 22.4 Å². The van der Waals surface area contributed by atoms with E-state index in [1.165, 1.54) is 18.6 Å². The number of hydrogen-bond donors (Lipinski definition) is 2. The first-order valence-electron chi connectivity index (χ1n) is 8.12. The summed E-state index contributed by atoms with van der Waals surface area (Å²) in [5.74, 6) is -1.28. The van der Waals surface area contributed by atoms with Crippen molar-refractivity contribution in [3.8, 4) is 17.2 Å². The standard InChI is InChI=1S/C18H15FN6O2/c1-2-5-23-18(26)17-16(21)10-3-4-13(19)15(12(10)8-25(17)27)11-7-22-9-24-14(11)6-20/h3-4,7-9H,2,5,21H2,1H3,(H,23,26). The largest absolute Gasteiger partial charge is 0.618 e. The van der Waals surface area contributed by atoms with Gasteiger partial charge < -0.3 is 16.3 Å². The minimum absolute atomic E-state index is 0.0264. The van der Waals surface area contributed by atoms with Gasteiger partial charge in [-0.25, -0.2) is 14.4 Å². The molecule has 2 aromatic heterocycles. The molecule has 9 heteroatoms. The molecule has 1 aromatic carbocycles. The van der Waals surface area contributed by atoms with Gasteiger partial charge in [0.25, 0.3) is 0 Å². The summed E-state index contributed by atoms with van der Waals surface area (Å²) in [6, 6.07) is 4.41. The molecule has 0 saturated carbocycles. The smallest absolute Gasteiger partial charge is 0.319 e. The molecule has 1 amide bonds. The van der Waals surface area contributed by atoms with Crippen molar-refractivity contribution in [2.75, 3.05) is 12.3 Å². The second-order valence-corrected chi connectivity index (χ2v) is 5.75. The minimum atomic E-state index is -0.670. The molecular weight excluding hydrogens is 351 g/mol. The van der Waals surface area contributed by atoms with Crippen molar-refractivity contribution in [1.82, 2.24) is 15.3 Å². The molecule has 27 heavy (non-hydrogen) atoms. The zero-order valence-electron chi connectivity index (χ0n) is 14.4. The molecule has 0 fully saturated rings. The number of benzene rings is 1. The van der Waals surface area contributed by atoms with E-state index in [4.69, 9.17) is 5.73 Å². The van der Waals surface area contributed by atoms with E-state index in [-0.39, 0.29) is 33.6 Å². The van der Waals surface area contributed by atoms with Gasteiger partial charge in [0.15, 0.2) is 11.9 Å². The Labute approximate surface area is 153 Å². The molecule has 3 aromatic rings. The molecule has 8 nitrogen and oxygen atoms in total. The molecule has 2 heterocycles. The Hall–Kier alpha value is -3.80. The van der Waals surface area contributed by atoms with Gasteiger partial charge in [0.2, 0.25) is 0 Å². The molecule has 136 valence electrons. The topological polar surface area (TPSA) is 132 Å². The van der Waals surface area contributed by atoms with E-state index in [1.807, 2.05) is 13.0 Å². The number of carbonyl (C=O) groups excluding carboxylic acids is 1. The lowest BCUT2D eigenvalue weighted by molar-refractivity contribution is -0.605. The van der Waals surface area contributed by atoms with Crippen molar-refractivity contribution in [2.45, 2.75) is 13.3 Å². The number of nitrogens with one attached hydrogen (secondary N) is 1. The van der Waals surface area contributed by atoms with Gasteiger partial charge in [-0.1, -0.05) is 6.92 Å². The molecule has 0 bridgehead atoms. The van der Waals surface area contributed by atoms with E-state index in [9.17, 15) is 19.7 Å². The highest BCUT2D eigenvalue weighted by molar-refractivity contribution is 6.08. The summed E-state index contributed by atoms with van der Waals surface area (Å²) in [6.45, 7) is 2.26. The molecule has 0 aliphatic rings. The van der Waals surface area contributed by atoms with Crippen LogP contribution in [0.2, 0.25) is 0 Å². The number of fused-ring (bicyclic) bond motifs is 1. The SMILES string of the molecule is CCCNC(=O)c1c(N)c2ccc(F)c(-c3cncnc3C#N)c2c[n+]1[O-]. The predicted molar refractivity (Wildman–Crippen MR) is 95.6 cm³/mol. The number of carbonyl (C=O) groups is 1. The molecule has 0 unspecified atom stereocenters. The number of nitrogens with two attached hydrogens (primary N) is 1. The number of nitriles is 1. The molecule has 0 spiro atoms. The number of hydrogen-bond acceptors (Lipinski definition) is 6. The first kappa shape index (κ1) is 18.0. The fourth-order valence-electron chi connectivity index (χ4n) is 2.81. The lowest BCUT2D eigenvalue weighted by Crippen LogP contribution is -2.40. The lowest BCUT2D eigenvalue weighted by Gasteiger charge is -2.13. The zero-order valence-corrected chi connectivity index (χ0v) is 14.4. The average molecular weight is 366 g/mol. The van der Waals surface area contributed by atoms with Gasteiger partial charge in [0.1, 0.15) is 23.9 Å². The Morgan fingerprint density at radius 3 is 2.93 bits per heavy atom. The van der Waals surface area contributed by atoms with Gasteiger partial charge in [-0.15, -0.1) is 0 Å². The molecule has 3 N–H and O–H groups in total. The highest BCUT2D eigenvalue weighted by Gasteiger charge is 2.26. The molecule has 0 aliphatic heterocycles. The van der Waals surface area contributed by atoms with Gasteiger partial charge in [0, 0.05) is 29.3 Å². The van der Waals surface area contributed by atoms with E-state index >= 15 is 0 Å². The average Bonchev–Trinajstić information content (AvgIpc) is 2.66. The second kappa shape index (κ2) is 7.21. The van der Waals surface area contributed by atoms with E-state index < -0.39 is 11.7 Å². The number of nitrogen functional groups attached to an aromatic ring is 1. The number of halogens is 1. The van der Waals surface area contributed by atoms with Crippen LogP contribution in [0.15, 0.2) is 30.9 Å². The van der Waals surface area contributed by atoms with Gasteiger partial charge in [0.05, 0.1) is 5.39 Å². The molecular formula is C18H15FN6O2. The summed E-state index contributed by atoms with van der Waals surface area (Å²) in [6.07, 6.45) is 4.22. The first-order chi connectivity index (χ1) is 13.0. The van der Waals surface area contributed by atoms with Gasteiger partial charge in [-0.3, -0.25) is 4.79 Å². The monoisotopic (exact) mass is 366 g/mol. The Bertz CT molecular complexity index is 1090. The zero-order chi connectivity index (χ0) is 19.6. The van der Waals surface area contributed by atoms with Crippen LogP contribution in [0.4, 0.5) is 10.1 Å². The normalized spacial score (nSPS) is 10.6. The number of pyridine rings is 1. The van der Waals surface area contributed by atoms with E-state index in [2.05, 4.69) is 15.3 Å². The fourth-order valence-corrected chi connectivity index (χ4v) is 2.81. The Kier molecular flexibility index (Phi) is 4.81. The van der Waals surface area contributed by atoms with Crippen molar-refractivity contribution < 1.29 is 13.9 Å². The van der Waals surface area contributed by atoms with Crippen LogP contribution in [0, 0.1) is 22.4 Å². The quantitative estimate of drug-likeness (QED) is 0.533. The molecule has 0 atom stereocenters. The highest BCUT2D eigenvalue weighted by atomic mass is 19.1. The number of aromatic nitrogens is 3. The van der Waals surface area contributed by atoms with Gasteiger partial charge in [-0.05, 0) is 18.6 Å². The van der Waals surface area contributed by atoms with Crippen LogP contribution in [0.5, 0.6) is 0 Å². The van der Waals surface area contributed by atoms with E-state index in [0.717, 1.165) is 12.3 Å². The van der Waals surface area contributed by atoms with Crippen molar-refractivity contribution in [3.05, 3.63) is 53.3 Å². The maximum atomic E-state index is 14.6. The summed E-state index contributed by atoms with van der Waals surface area (Å²) >= 11 is 0. The maximum absolute atomic E-state index is 14.6. The van der Waals surface area contributed by atoms with Crippen LogP contribution in [0.25, 0.3) is 21.9 Å². The van der Waals surface area contributed by atoms with Crippen molar-refractivity contribution in [2.24, 2.45) is 0 Å². The summed E-state index contributed by atoms with van der Waals surface area (Å²) in [5.41, 5.74) is 5.78. The molecule has 3 rings (SSSR count). The number of amides is 1. The van der Waals surface area contributed by atoms with Crippen LogP contribution in [0.3, 0.4) is 0 Å². The van der Waals surface area contributed by atoms with Crippen LogP contribution < -0.4 is 15.8 Å².